The van der Waals surface area contributed by atoms with Gasteiger partial charge in [0.2, 0.25) is 0 Å². The molecular weight excluding hydrogens is 483 g/mol. The number of hydrogen-bond acceptors (Lipinski definition) is 7. The van der Waals surface area contributed by atoms with Gasteiger partial charge in [-0.25, -0.2) is 4.39 Å². The molecule has 0 amide bonds. The number of ketones is 1. The number of Topliss-reactive ketones (excluding diaryl/α,β-unsaturated/α-hetero) is 1. The number of aryl methyl sites for hydroxylation is 2. The summed E-state index contributed by atoms with van der Waals surface area (Å²) in [4.78, 5) is 21.2. The predicted molar refractivity (Wildman–Crippen MR) is 122 cm³/mol. The van der Waals surface area contributed by atoms with Gasteiger partial charge >= 0.3 is 0 Å². The van der Waals surface area contributed by atoms with E-state index in [1.54, 1.807) is 30.5 Å². The maximum absolute atomic E-state index is 14.8. The number of benzene rings is 1. The molecule has 2 aromatic heterocycles. The lowest BCUT2D eigenvalue weighted by Gasteiger charge is -2.26. The molecule has 0 bridgehead atoms. The van der Waals surface area contributed by atoms with Gasteiger partial charge in [-0.3, -0.25) is 14.8 Å². The van der Waals surface area contributed by atoms with E-state index in [0.29, 0.717) is 28.4 Å². The van der Waals surface area contributed by atoms with E-state index in [2.05, 4.69) is 31.1 Å². The molecule has 0 aliphatic carbocycles. The number of hydrogen-bond donors (Lipinski definition) is 1. The highest BCUT2D eigenvalue weighted by molar-refractivity contribution is 9.10. The van der Waals surface area contributed by atoms with Crippen LogP contribution in [0.1, 0.15) is 56.3 Å². The Bertz CT molecular complexity index is 1140. The molecule has 0 spiro atoms. The Morgan fingerprint density at radius 2 is 2.13 bits per heavy atom. The number of carbonyl (C=O) groups is 1. The van der Waals surface area contributed by atoms with Gasteiger partial charge in [0.25, 0.3) is 0 Å². The molecule has 2 atom stereocenters. The number of thioether (sulfide) groups is 1. The van der Waals surface area contributed by atoms with E-state index in [-0.39, 0.29) is 23.3 Å². The van der Waals surface area contributed by atoms with Crippen molar-refractivity contribution in [2.24, 2.45) is 10.7 Å². The molecule has 1 aliphatic heterocycles. The molecular formula is C22H20BrFN4O2S. The summed E-state index contributed by atoms with van der Waals surface area (Å²) in [6.07, 6.45) is 2.25. The fourth-order valence-corrected chi connectivity index (χ4v) is 5.18. The van der Waals surface area contributed by atoms with Crippen LogP contribution in [0.2, 0.25) is 0 Å². The van der Waals surface area contributed by atoms with Crippen LogP contribution in [-0.4, -0.2) is 21.1 Å². The van der Waals surface area contributed by atoms with Crippen LogP contribution >= 0.6 is 27.7 Å². The predicted octanol–water partition coefficient (Wildman–Crippen LogP) is 5.25. The number of halogens is 2. The Hall–Kier alpha value is -2.52. The molecule has 0 saturated heterocycles. The van der Waals surface area contributed by atoms with Crippen molar-refractivity contribution in [1.82, 2.24) is 10.1 Å². The highest BCUT2D eigenvalue weighted by atomic mass is 79.9. The van der Waals surface area contributed by atoms with Crippen molar-refractivity contribution < 1.29 is 13.7 Å². The van der Waals surface area contributed by atoms with Gasteiger partial charge in [-0.1, -0.05) is 29.1 Å². The Kier molecular flexibility index (Phi) is 6.24. The number of aromatic nitrogens is 2. The Morgan fingerprint density at radius 1 is 1.32 bits per heavy atom. The second kappa shape index (κ2) is 8.92. The minimum atomic E-state index is -0.458. The van der Waals surface area contributed by atoms with Crippen molar-refractivity contribution in [3.05, 3.63) is 80.7 Å². The monoisotopic (exact) mass is 502 g/mol. The molecule has 0 unspecified atom stereocenters. The van der Waals surface area contributed by atoms with Crippen molar-refractivity contribution in [2.75, 3.05) is 0 Å². The van der Waals surface area contributed by atoms with Crippen molar-refractivity contribution in [3.63, 3.8) is 0 Å². The van der Waals surface area contributed by atoms with Crippen LogP contribution < -0.4 is 5.73 Å². The van der Waals surface area contributed by atoms with Crippen LogP contribution in [-0.2, 0) is 6.42 Å². The standard InChI is InChI=1S/C22H20BrFN4O2S/c1-11-21(12(2)30-28-11)20-9-18(27-22(25)31-20)15-7-13(3-5-16(15)24)8-19(29)17-6-4-14(23)10-26-17/h3-7,10,18,20H,8-9H2,1-2H3,(H2,25,27)/t18-,20-/m0/s1. The maximum atomic E-state index is 14.8. The van der Waals surface area contributed by atoms with Crippen LogP contribution in [0.4, 0.5) is 4.39 Å². The van der Waals surface area contributed by atoms with E-state index in [1.807, 2.05) is 13.8 Å². The first kappa shape index (κ1) is 21.7. The highest BCUT2D eigenvalue weighted by Gasteiger charge is 2.31. The molecule has 9 heteroatoms. The summed E-state index contributed by atoms with van der Waals surface area (Å²) in [6.45, 7) is 3.74. The topological polar surface area (TPSA) is 94.4 Å². The maximum Gasteiger partial charge on any atom is 0.185 e. The average Bonchev–Trinajstić information content (AvgIpc) is 3.07. The fraction of sp³-hybridized carbons (Fsp3) is 0.273. The van der Waals surface area contributed by atoms with Crippen molar-refractivity contribution in [2.45, 2.75) is 38.0 Å². The summed E-state index contributed by atoms with van der Waals surface area (Å²) in [5.74, 6) is 0.218. The molecule has 0 saturated carbocycles. The van der Waals surface area contributed by atoms with Gasteiger partial charge in [-0.2, -0.15) is 0 Å². The lowest BCUT2D eigenvalue weighted by atomic mass is 9.95. The van der Waals surface area contributed by atoms with Crippen LogP contribution in [0.15, 0.2) is 50.5 Å². The first-order valence-electron chi connectivity index (χ1n) is 9.67. The van der Waals surface area contributed by atoms with E-state index in [1.165, 1.54) is 17.8 Å². The lowest BCUT2D eigenvalue weighted by Crippen LogP contribution is -2.20. The third-order valence-corrected chi connectivity index (χ3v) is 6.72. The SMILES string of the molecule is Cc1noc(C)c1[C@@H]1C[C@@H](c2cc(CC(=O)c3ccc(Br)cn3)ccc2F)N=C(N)S1. The van der Waals surface area contributed by atoms with E-state index >= 15 is 0 Å². The highest BCUT2D eigenvalue weighted by Crippen LogP contribution is 2.45. The molecule has 4 rings (SSSR count). The Morgan fingerprint density at radius 3 is 2.81 bits per heavy atom. The molecule has 6 nitrogen and oxygen atoms in total. The zero-order chi connectivity index (χ0) is 22.1. The van der Waals surface area contributed by atoms with Crippen LogP contribution in [0, 0.1) is 19.7 Å². The van der Waals surface area contributed by atoms with Gasteiger partial charge in [0.15, 0.2) is 11.0 Å². The van der Waals surface area contributed by atoms with E-state index < -0.39 is 6.04 Å². The van der Waals surface area contributed by atoms with E-state index in [9.17, 15) is 9.18 Å². The molecule has 0 radical (unpaired) electrons. The Balaban J connectivity index is 1.59. The number of nitrogens with two attached hydrogens (primary N) is 1. The number of amidine groups is 1. The molecule has 160 valence electrons. The van der Waals surface area contributed by atoms with Gasteiger partial charge in [0, 0.05) is 33.5 Å². The normalized spacial score (nSPS) is 18.6. The summed E-state index contributed by atoms with van der Waals surface area (Å²) in [5.41, 5.74) is 9.35. The van der Waals surface area contributed by atoms with Crippen LogP contribution in [0.3, 0.4) is 0 Å². The van der Waals surface area contributed by atoms with Crippen molar-refractivity contribution in [3.8, 4) is 0 Å². The van der Waals surface area contributed by atoms with Gasteiger partial charge in [0.05, 0.1) is 11.7 Å². The summed E-state index contributed by atoms with van der Waals surface area (Å²) < 4.78 is 20.9. The molecule has 31 heavy (non-hydrogen) atoms. The average molecular weight is 503 g/mol. The number of aliphatic imine (C=N–C) groups is 1. The van der Waals surface area contributed by atoms with Crippen LogP contribution in [0.25, 0.3) is 0 Å². The second-order valence-electron chi connectivity index (χ2n) is 7.38. The summed E-state index contributed by atoms with van der Waals surface area (Å²) in [6, 6.07) is 7.67. The summed E-state index contributed by atoms with van der Waals surface area (Å²) in [7, 11) is 0. The molecule has 1 aromatic carbocycles. The van der Waals surface area contributed by atoms with Gasteiger partial charge in [0.1, 0.15) is 17.3 Å². The van der Waals surface area contributed by atoms with Gasteiger partial charge in [-0.15, -0.1) is 0 Å². The lowest BCUT2D eigenvalue weighted by molar-refractivity contribution is 0.0988. The number of nitrogens with zero attached hydrogens (tertiary/aromatic N) is 3. The first-order valence-corrected chi connectivity index (χ1v) is 11.3. The van der Waals surface area contributed by atoms with E-state index in [4.69, 9.17) is 10.3 Å². The zero-order valence-electron chi connectivity index (χ0n) is 16.9. The first-order chi connectivity index (χ1) is 14.8. The third kappa shape index (κ3) is 4.72. The van der Waals surface area contributed by atoms with Gasteiger partial charge < -0.3 is 10.3 Å². The third-order valence-electron chi connectivity index (χ3n) is 5.19. The zero-order valence-corrected chi connectivity index (χ0v) is 19.3. The number of rotatable bonds is 5. The fourth-order valence-electron chi connectivity index (χ4n) is 3.73. The minimum absolute atomic E-state index is 0.0367. The van der Waals surface area contributed by atoms with E-state index in [0.717, 1.165) is 21.5 Å². The second-order valence-corrected chi connectivity index (χ2v) is 9.52. The van der Waals surface area contributed by atoms with Crippen molar-refractivity contribution >= 4 is 38.6 Å². The summed E-state index contributed by atoms with van der Waals surface area (Å²) >= 11 is 4.74. The molecule has 2 N–H and O–H groups in total. The number of carbonyl (C=O) groups excluding carboxylic acids is 1. The quantitative estimate of drug-likeness (QED) is 0.478. The van der Waals surface area contributed by atoms with Crippen molar-refractivity contribution in [1.29, 1.82) is 0 Å². The smallest absolute Gasteiger partial charge is 0.185 e. The largest absolute Gasteiger partial charge is 0.379 e. The van der Waals surface area contributed by atoms with Gasteiger partial charge in [-0.05, 0) is 60.0 Å². The molecule has 0 fully saturated rings. The Labute approximate surface area is 191 Å². The molecule has 3 aromatic rings. The van der Waals surface area contributed by atoms with Crippen LogP contribution in [0.5, 0.6) is 0 Å². The number of pyridine rings is 1. The molecule has 1 aliphatic rings. The minimum Gasteiger partial charge on any atom is -0.379 e. The molecule has 3 heterocycles. The summed E-state index contributed by atoms with van der Waals surface area (Å²) in [5, 5.41) is 4.38.